The van der Waals surface area contributed by atoms with E-state index >= 15 is 0 Å². The molecule has 136 valence electrons. The van der Waals surface area contributed by atoms with Crippen LogP contribution in [0.15, 0.2) is 30.3 Å². The Labute approximate surface area is 153 Å². The molecule has 2 aromatic carbocycles. The maximum atomic E-state index is 11.4. The zero-order valence-corrected chi connectivity index (χ0v) is 15.4. The summed E-state index contributed by atoms with van der Waals surface area (Å²) in [6.07, 6.45) is 1.92. The molecule has 0 fully saturated rings. The maximum Gasteiger partial charge on any atom is 0.308 e. The molecular formula is C21H23NO4. The lowest BCUT2D eigenvalue weighted by atomic mass is 9.84. The zero-order chi connectivity index (χ0) is 18.3. The number of fused-ring (bicyclic) bond motifs is 4. The predicted molar refractivity (Wildman–Crippen MR) is 97.9 cm³/mol. The molecule has 0 bridgehead atoms. The van der Waals surface area contributed by atoms with Crippen LogP contribution in [-0.4, -0.2) is 31.6 Å². The summed E-state index contributed by atoms with van der Waals surface area (Å²) >= 11 is 0. The second kappa shape index (κ2) is 6.65. The standard InChI is InChI=1S/C21H23NO4/c1-13(23)26-21-10-15-9-19-18-5-4-17(24-2)8-14(18)6-7-22(19)12-16(15)11-20(21)25-3/h4-5,8,10-11,19H,6-7,9,12H2,1-3H3. The van der Waals surface area contributed by atoms with Crippen LogP contribution < -0.4 is 14.2 Å². The van der Waals surface area contributed by atoms with E-state index in [-0.39, 0.29) is 5.97 Å². The lowest BCUT2D eigenvalue weighted by Gasteiger charge is -2.41. The lowest BCUT2D eigenvalue weighted by molar-refractivity contribution is -0.132. The molecule has 0 N–H and O–H groups in total. The van der Waals surface area contributed by atoms with Crippen LogP contribution in [0.1, 0.15) is 35.2 Å². The molecule has 0 radical (unpaired) electrons. The van der Waals surface area contributed by atoms with Gasteiger partial charge in [-0.25, -0.2) is 0 Å². The largest absolute Gasteiger partial charge is 0.497 e. The van der Waals surface area contributed by atoms with E-state index in [1.807, 2.05) is 18.2 Å². The Morgan fingerprint density at radius 3 is 2.58 bits per heavy atom. The van der Waals surface area contributed by atoms with Gasteiger partial charge in [-0.05, 0) is 59.4 Å². The Morgan fingerprint density at radius 2 is 1.85 bits per heavy atom. The minimum absolute atomic E-state index is 0.337. The fourth-order valence-electron chi connectivity index (χ4n) is 4.10. The molecule has 0 aliphatic carbocycles. The van der Waals surface area contributed by atoms with E-state index in [2.05, 4.69) is 17.0 Å². The van der Waals surface area contributed by atoms with E-state index in [9.17, 15) is 4.79 Å². The van der Waals surface area contributed by atoms with Crippen molar-refractivity contribution in [3.8, 4) is 17.2 Å². The van der Waals surface area contributed by atoms with Crippen LogP contribution in [0.25, 0.3) is 0 Å². The van der Waals surface area contributed by atoms with Crippen molar-refractivity contribution in [3.05, 3.63) is 52.6 Å². The van der Waals surface area contributed by atoms with Gasteiger partial charge in [-0.3, -0.25) is 9.69 Å². The van der Waals surface area contributed by atoms with E-state index in [1.54, 1.807) is 14.2 Å². The minimum atomic E-state index is -0.337. The molecule has 1 atom stereocenters. The van der Waals surface area contributed by atoms with Gasteiger partial charge in [-0.1, -0.05) is 6.07 Å². The number of carbonyl (C=O) groups is 1. The van der Waals surface area contributed by atoms with Crippen LogP contribution in [-0.2, 0) is 24.2 Å². The maximum absolute atomic E-state index is 11.4. The molecule has 0 spiro atoms. The summed E-state index contributed by atoms with van der Waals surface area (Å²) in [6, 6.07) is 10.7. The van der Waals surface area contributed by atoms with E-state index in [4.69, 9.17) is 14.2 Å². The third-order valence-electron chi connectivity index (χ3n) is 5.34. The summed E-state index contributed by atoms with van der Waals surface area (Å²) in [7, 11) is 3.31. The molecule has 2 aromatic rings. The Morgan fingerprint density at radius 1 is 1.04 bits per heavy atom. The van der Waals surface area contributed by atoms with Crippen molar-refractivity contribution < 1.29 is 19.0 Å². The van der Waals surface area contributed by atoms with E-state index in [0.717, 1.165) is 31.7 Å². The number of ether oxygens (including phenoxy) is 3. The lowest BCUT2D eigenvalue weighted by Crippen LogP contribution is -2.39. The molecule has 2 aliphatic heterocycles. The number of hydrogen-bond donors (Lipinski definition) is 0. The molecule has 5 heteroatoms. The van der Waals surface area contributed by atoms with Crippen LogP contribution in [0.2, 0.25) is 0 Å². The quantitative estimate of drug-likeness (QED) is 0.626. The molecule has 2 heterocycles. The second-order valence-corrected chi connectivity index (χ2v) is 6.87. The fourth-order valence-corrected chi connectivity index (χ4v) is 4.10. The van der Waals surface area contributed by atoms with Crippen LogP contribution in [0.4, 0.5) is 0 Å². The topological polar surface area (TPSA) is 48.0 Å². The second-order valence-electron chi connectivity index (χ2n) is 6.87. The highest BCUT2D eigenvalue weighted by atomic mass is 16.6. The van der Waals surface area contributed by atoms with Gasteiger partial charge in [0.25, 0.3) is 0 Å². The Bertz CT molecular complexity index is 861. The highest BCUT2D eigenvalue weighted by molar-refractivity contribution is 5.70. The summed E-state index contributed by atoms with van der Waals surface area (Å²) in [5.74, 6) is 1.68. The number of hydrogen-bond acceptors (Lipinski definition) is 5. The van der Waals surface area contributed by atoms with Gasteiger partial charge in [0.05, 0.1) is 14.2 Å². The van der Waals surface area contributed by atoms with Crippen molar-refractivity contribution in [1.29, 1.82) is 0 Å². The van der Waals surface area contributed by atoms with Crippen molar-refractivity contribution in [3.63, 3.8) is 0 Å². The molecule has 0 aromatic heterocycles. The third kappa shape index (κ3) is 2.92. The summed E-state index contributed by atoms with van der Waals surface area (Å²) in [5.41, 5.74) is 5.19. The van der Waals surface area contributed by atoms with Crippen molar-refractivity contribution >= 4 is 5.97 Å². The third-order valence-corrected chi connectivity index (χ3v) is 5.34. The average Bonchev–Trinajstić information content (AvgIpc) is 2.65. The molecule has 4 rings (SSSR count). The Balaban J connectivity index is 1.71. The number of nitrogens with zero attached hydrogens (tertiary/aromatic N) is 1. The molecule has 1 unspecified atom stereocenters. The van der Waals surface area contributed by atoms with Gasteiger partial charge in [-0.2, -0.15) is 0 Å². The van der Waals surface area contributed by atoms with Gasteiger partial charge in [-0.15, -0.1) is 0 Å². The highest BCUT2D eigenvalue weighted by Gasteiger charge is 2.33. The summed E-state index contributed by atoms with van der Waals surface area (Å²) < 4.78 is 16.1. The number of rotatable bonds is 3. The van der Waals surface area contributed by atoms with Crippen LogP contribution in [0, 0.1) is 0 Å². The highest BCUT2D eigenvalue weighted by Crippen LogP contribution is 2.42. The van der Waals surface area contributed by atoms with Crippen LogP contribution in [0.3, 0.4) is 0 Å². The van der Waals surface area contributed by atoms with Crippen LogP contribution in [0.5, 0.6) is 17.2 Å². The first-order valence-electron chi connectivity index (χ1n) is 8.88. The van der Waals surface area contributed by atoms with Gasteiger partial charge in [0.1, 0.15) is 5.75 Å². The molecule has 26 heavy (non-hydrogen) atoms. The number of methoxy groups -OCH3 is 2. The Hall–Kier alpha value is -2.53. The van der Waals surface area contributed by atoms with Gasteiger partial charge in [0.2, 0.25) is 0 Å². The summed E-state index contributed by atoms with van der Waals surface area (Å²) in [6.45, 7) is 3.31. The van der Waals surface area contributed by atoms with Crippen molar-refractivity contribution in [2.24, 2.45) is 0 Å². The number of carbonyl (C=O) groups excluding carboxylic acids is 1. The first-order valence-corrected chi connectivity index (χ1v) is 8.88. The SMILES string of the molecule is COc1ccc2c(c1)CCN1Cc3cc(OC)c(OC(C)=O)cc3CC21. The van der Waals surface area contributed by atoms with Crippen molar-refractivity contribution in [1.82, 2.24) is 4.90 Å². The molecule has 0 saturated heterocycles. The van der Waals surface area contributed by atoms with Gasteiger partial charge in [0, 0.05) is 26.1 Å². The number of esters is 1. The molecule has 0 amide bonds. The van der Waals surface area contributed by atoms with Crippen molar-refractivity contribution in [2.75, 3.05) is 20.8 Å². The molecule has 2 aliphatic rings. The van der Waals surface area contributed by atoms with E-state index in [1.165, 1.54) is 29.2 Å². The van der Waals surface area contributed by atoms with E-state index < -0.39 is 0 Å². The zero-order valence-electron chi connectivity index (χ0n) is 15.4. The summed E-state index contributed by atoms with van der Waals surface area (Å²) in [5, 5.41) is 0. The van der Waals surface area contributed by atoms with E-state index in [0.29, 0.717) is 17.5 Å². The monoisotopic (exact) mass is 353 g/mol. The Kier molecular flexibility index (Phi) is 4.32. The van der Waals surface area contributed by atoms with Crippen molar-refractivity contribution in [2.45, 2.75) is 32.4 Å². The fraction of sp³-hybridized carbons (Fsp3) is 0.381. The first kappa shape index (κ1) is 16.9. The molecular weight excluding hydrogens is 330 g/mol. The normalized spacial score (nSPS) is 18.3. The summed E-state index contributed by atoms with van der Waals surface area (Å²) in [4.78, 5) is 13.9. The minimum Gasteiger partial charge on any atom is -0.497 e. The average molecular weight is 353 g/mol. The van der Waals surface area contributed by atoms with Gasteiger partial charge < -0.3 is 14.2 Å². The van der Waals surface area contributed by atoms with Gasteiger partial charge >= 0.3 is 5.97 Å². The number of benzene rings is 2. The predicted octanol–water partition coefficient (Wildman–Crippen LogP) is 3.28. The molecule has 5 nitrogen and oxygen atoms in total. The van der Waals surface area contributed by atoms with Crippen LogP contribution >= 0.6 is 0 Å². The molecule has 0 saturated carbocycles. The van der Waals surface area contributed by atoms with Gasteiger partial charge in [0.15, 0.2) is 11.5 Å². The smallest absolute Gasteiger partial charge is 0.308 e. The first-order chi connectivity index (χ1) is 12.6.